The van der Waals surface area contributed by atoms with Crippen LogP contribution in [0.15, 0.2) is 96.2 Å². The number of hydrogen-bond donors (Lipinski definition) is 0. The van der Waals surface area contributed by atoms with Crippen molar-refractivity contribution in [3.05, 3.63) is 113 Å². The molecule has 4 heteroatoms. The van der Waals surface area contributed by atoms with Crippen molar-refractivity contribution in [1.29, 1.82) is 0 Å². The van der Waals surface area contributed by atoms with Gasteiger partial charge in [0, 0.05) is 35.5 Å². The Morgan fingerprint density at radius 2 is 1.28 bits per heavy atom. The molecule has 0 radical (unpaired) electrons. The topological polar surface area (TPSA) is 40.6 Å². The summed E-state index contributed by atoms with van der Waals surface area (Å²) in [4.78, 5) is 30.9. The third-order valence-electron chi connectivity index (χ3n) is 5.50. The van der Waals surface area contributed by atoms with Crippen LogP contribution in [0, 0.1) is 0 Å². The fourth-order valence-electron chi connectivity index (χ4n) is 4.16. The number of allylic oxidation sites excluding steroid dienone is 1. The molecule has 0 saturated carbocycles. The van der Waals surface area contributed by atoms with Crippen LogP contribution in [0.2, 0.25) is 0 Å². The molecule has 29 heavy (non-hydrogen) atoms. The summed E-state index contributed by atoms with van der Waals surface area (Å²) in [7, 11) is 0. The largest absolute Gasteiger partial charge is 0.324 e. The first-order chi connectivity index (χ1) is 14.2. The summed E-state index contributed by atoms with van der Waals surface area (Å²) in [5, 5.41) is 0. The fourth-order valence-corrected chi connectivity index (χ4v) is 4.16. The highest BCUT2D eigenvalue weighted by molar-refractivity contribution is 6.28. The van der Waals surface area contributed by atoms with Gasteiger partial charge in [0.2, 0.25) is 5.78 Å². The van der Waals surface area contributed by atoms with Crippen LogP contribution in [0.5, 0.6) is 0 Å². The van der Waals surface area contributed by atoms with Crippen LogP contribution in [0.4, 0.5) is 5.69 Å². The highest BCUT2D eigenvalue weighted by Gasteiger charge is 2.39. The van der Waals surface area contributed by atoms with Crippen molar-refractivity contribution in [3.8, 4) is 0 Å². The molecule has 3 aromatic carbocycles. The van der Waals surface area contributed by atoms with Gasteiger partial charge in [0.25, 0.3) is 0 Å². The minimum Gasteiger partial charge on any atom is -0.324 e. The molecule has 1 aliphatic carbocycles. The molecule has 5 rings (SSSR count). The smallest absolute Gasteiger partial charge is 0.210 e. The van der Waals surface area contributed by atoms with Gasteiger partial charge >= 0.3 is 0 Å². The molecule has 0 N–H and O–H groups in total. The van der Waals surface area contributed by atoms with E-state index in [-0.39, 0.29) is 11.6 Å². The molecule has 0 atom stereocenters. The number of carbonyl (C=O) groups excluding carboxylic acids is 2. The standard InChI is InChI=1S/C25H20N2O2/c28-24-20-13-7-8-14-21(20)25(29)23-22(24)16-26(15-18-9-3-1-4-10-18)17-27(23)19-11-5-2-6-12-19/h1-14H,15-17H2. The maximum atomic E-state index is 13.4. The van der Waals surface area contributed by atoms with Gasteiger partial charge in [0.05, 0.1) is 12.4 Å². The second kappa shape index (κ2) is 7.15. The summed E-state index contributed by atoms with van der Waals surface area (Å²) in [6.07, 6.45) is 0. The van der Waals surface area contributed by atoms with Crippen molar-refractivity contribution >= 4 is 17.3 Å². The lowest BCUT2D eigenvalue weighted by Crippen LogP contribution is -2.48. The number of carbonyl (C=O) groups is 2. The maximum absolute atomic E-state index is 13.4. The Hall–Kier alpha value is -3.50. The van der Waals surface area contributed by atoms with Gasteiger partial charge in [-0.15, -0.1) is 0 Å². The molecule has 0 amide bonds. The normalized spacial score (nSPS) is 16.6. The monoisotopic (exact) mass is 380 g/mol. The first kappa shape index (κ1) is 17.6. The van der Waals surface area contributed by atoms with E-state index in [0.29, 0.717) is 42.2 Å². The zero-order valence-electron chi connectivity index (χ0n) is 15.9. The number of rotatable bonds is 3. The van der Waals surface area contributed by atoms with Gasteiger partial charge in [0.1, 0.15) is 0 Å². The Kier molecular flexibility index (Phi) is 4.34. The Labute approximate surface area is 169 Å². The van der Waals surface area contributed by atoms with E-state index in [1.807, 2.05) is 65.6 Å². The minimum absolute atomic E-state index is 0.0473. The summed E-state index contributed by atoms with van der Waals surface area (Å²) < 4.78 is 0. The Bertz CT molecular complexity index is 1120. The lowest BCUT2D eigenvalue weighted by Gasteiger charge is -2.40. The summed E-state index contributed by atoms with van der Waals surface area (Å²) in [5.74, 6) is -0.118. The number of ketones is 2. The molecule has 2 aliphatic rings. The van der Waals surface area contributed by atoms with Gasteiger partial charge in [-0.05, 0) is 17.7 Å². The van der Waals surface area contributed by atoms with E-state index in [4.69, 9.17) is 0 Å². The van der Waals surface area contributed by atoms with Gasteiger partial charge in [-0.2, -0.15) is 0 Å². The molecular formula is C25H20N2O2. The van der Waals surface area contributed by atoms with Crippen molar-refractivity contribution in [1.82, 2.24) is 4.90 Å². The van der Waals surface area contributed by atoms with Crippen LogP contribution in [0.25, 0.3) is 0 Å². The molecule has 4 nitrogen and oxygen atoms in total. The second-order valence-electron chi connectivity index (χ2n) is 7.41. The molecular weight excluding hydrogens is 360 g/mol. The van der Waals surface area contributed by atoms with Crippen LogP contribution in [-0.4, -0.2) is 29.7 Å². The molecule has 1 heterocycles. The zero-order valence-corrected chi connectivity index (χ0v) is 15.9. The van der Waals surface area contributed by atoms with Gasteiger partial charge in [-0.25, -0.2) is 0 Å². The lowest BCUT2D eigenvalue weighted by atomic mass is 9.85. The number of anilines is 1. The first-order valence-corrected chi connectivity index (χ1v) is 9.73. The highest BCUT2D eigenvalue weighted by atomic mass is 16.1. The minimum atomic E-state index is -0.0709. The van der Waals surface area contributed by atoms with Crippen LogP contribution in [-0.2, 0) is 6.54 Å². The number of nitrogens with zero attached hydrogens (tertiary/aromatic N) is 2. The van der Waals surface area contributed by atoms with Crippen molar-refractivity contribution in [3.63, 3.8) is 0 Å². The van der Waals surface area contributed by atoms with E-state index < -0.39 is 0 Å². The molecule has 0 saturated heterocycles. The quantitative estimate of drug-likeness (QED) is 0.679. The van der Waals surface area contributed by atoms with Crippen molar-refractivity contribution < 1.29 is 9.59 Å². The van der Waals surface area contributed by atoms with Gasteiger partial charge in [0.15, 0.2) is 5.78 Å². The molecule has 1 aliphatic heterocycles. The fraction of sp³-hybridized carbons (Fsp3) is 0.120. The summed E-state index contributed by atoms with van der Waals surface area (Å²) in [6.45, 7) is 1.73. The van der Waals surface area contributed by atoms with E-state index in [0.717, 1.165) is 5.69 Å². The van der Waals surface area contributed by atoms with Crippen LogP contribution < -0.4 is 4.90 Å². The Balaban J connectivity index is 1.60. The summed E-state index contributed by atoms with van der Waals surface area (Å²) >= 11 is 0. The summed E-state index contributed by atoms with van der Waals surface area (Å²) in [6, 6.07) is 27.1. The number of para-hydroxylation sites is 1. The van der Waals surface area contributed by atoms with E-state index in [1.54, 1.807) is 12.1 Å². The predicted octanol–water partition coefficient (Wildman–Crippen LogP) is 4.30. The predicted molar refractivity (Wildman–Crippen MR) is 113 cm³/mol. The maximum Gasteiger partial charge on any atom is 0.210 e. The highest BCUT2D eigenvalue weighted by Crippen LogP contribution is 2.35. The summed E-state index contributed by atoms with van der Waals surface area (Å²) in [5.41, 5.74) is 4.20. The van der Waals surface area contributed by atoms with Crippen LogP contribution >= 0.6 is 0 Å². The average molecular weight is 380 g/mol. The SMILES string of the molecule is O=C1C2=C(C(=O)c3ccccc31)N(c1ccccc1)CN(Cc1ccccc1)C2. The molecule has 0 unspecified atom stereocenters. The van der Waals surface area contributed by atoms with Gasteiger partial charge < -0.3 is 4.90 Å². The van der Waals surface area contributed by atoms with Crippen molar-refractivity contribution in [2.75, 3.05) is 18.1 Å². The van der Waals surface area contributed by atoms with E-state index >= 15 is 0 Å². The van der Waals surface area contributed by atoms with E-state index in [9.17, 15) is 9.59 Å². The number of hydrogen-bond acceptors (Lipinski definition) is 4. The lowest BCUT2D eigenvalue weighted by molar-refractivity contribution is 0.0950. The van der Waals surface area contributed by atoms with Crippen LogP contribution in [0.3, 0.4) is 0 Å². The molecule has 0 aromatic heterocycles. The average Bonchev–Trinajstić information content (AvgIpc) is 2.78. The zero-order chi connectivity index (χ0) is 19.8. The number of Topliss-reactive ketones (excluding diaryl/α,β-unsaturated/α-hetero) is 2. The third-order valence-corrected chi connectivity index (χ3v) is 5.50. The Morgan fingerprint density at radius 3 is 1.97 bits per heavy atom. The molecule has 0 fully saturated rings. The van der Waals surface area contributed by atoms with Crippen molar-refractivity contribution in [2.24, 2.45) is 0 Å². The van der Waals surface area contributed by atoms with E-state index in [2.05, 4.69) is 17.0 Å². The molecule has 0 spiro atoms. The Morgan fingerprint density at radius 1 is 0.690 bits per heavy atom. The van der Waals surface area contributed by atoms with Crippen LogP contribution in [0.1, 0.15) is 26.3 Å². The first-order valence-electron chi connectivity index (χ1n) is 9.73. The van der Waals surface area contributed by atoms with E-state index in [1.165, 1.54) is 5.56 Å². The molecule has 142 valence electrons. The molecule has 0 bridgehead atoms. The van der Waals surface area contributed by atoms with Gasteiger partial charge in [-0.1, -0.05) is 72.8 Å². The number of benzene rings is 3. The second-order valence-corrected chi connectivity index (χ2v) is 7.41. The van der Waals surface area contributed by atoms with Gasteiger partial charge in [-0.3, -0.25) is 14.5 Å². The van der Waals surface area contributed by atoms with Crippen molar-refractivity contribution in [2.45, 2.75) is 6.54 Å². The molecule has 3 aromatic rings. The number of fused-ring (bicyclic) bond motifs is 1. The third kappa shape index (κ3) is 3.08.